The fourth-order valence-corrected chi connectivity index (χ4v) is 0.636. The van der Waals surface area contributed by atoms with Crippen LogP contribution < -0.4 is 0 Å². The molecule has 0 aromatic heterocycles. The Bertz CT molecular complexity index is 179. The number of carbonyl (C=O) groups is 2. The van der Waals surface area contributed by atoms with Crippen LogP contribution in [-0.4, -0.2) is 39.3 Å². The molecule has 0 aliphatic carbocycles. The van der Waals surface area contributed by atoms with Crippen LogP contribution in [0.15, 0.2) is 0 Å². The van der Waals surface area contributed by atoms with Gasteiger partial charge in [-0.2, -0.15) is 0 Å². The summed E-state index contributed by atoms with van der Waals surface area (Å²) < 4.78 is 0. The predicted octanol–water partition coefficient (Wildman–Crippen LogP) is 1.46. The molecule has 0 fully saturated rings. The smallest absolute Gasteiger partial charge is 0.314 e. The van der Waals surface area contributed by atoms with E-state index in [0.29, 0.717) is 6.42 Å². The summed E-state index contributed by atoms with van der Waals surface area (Å²) in [6, 6.07) is 0. The Balaban J connectivity index is -0.0000000922. The van der Waals surface area contributed by atoms with Gasteiger partial charge in [-0.15, -0.1) is 0 Å². The van der Waals surface area contributed by atoms with Crippen molar-refractivity contribution < 1.29 is 42.0 Å². The van der Waals surface area contributed by atoms with Gasteiger partial charge in [0.1, 0.15) is 11.7 Å². The fourth-order valence-electron chi connectivity index (χ4n) is 0.636. The van der Waals surface area contributed by atoms with E-state index >= 15 is 0 Å². The van der Waals surface area contributed by atoms with Gasteiger partial charge in [-0.05, 0) is 41.0 Å². The summed E-state index contributed by atoms with van der Waals surface area (Å²) in [6.45, 7) is 9.86. The minimum atomic E-state index is -1.02. The number of aliphatic hydroxyl groups is 2. The third-order valence-corrected chi connectivity index (χ3v) is 1.20. The van der Waals surface area contributed by atoms with Gasteiger partial charge < -0.3 is 15.3 Å². The van der Waals surface area contributed by atoms with Crippen molar-refractivity contribution in [2.45, 2.75) is 60.2 Å². The number of carboxylic acids is 1. The molecule has 1 unspecified atom stereocenters. The Kier molecular flexibility index (Phi) is 24.1. The Morgan fingerprint density at radius 2 is 1.22 bits per heavy atom. The van der Waals surface area contributed by atoms with E-state index in [2.05, 4.69) is 0 Å². The molecule has 18 heavy (non-hydrogen) atoms. The number of rotatable bonds is 3. The maximum absolute atomic E-state index is 10.4. The summed E-state index contributed by atoms with van der Waals surface area (Å²) in [5, 5.41) is 24.4. The van der Waals surface area contributed by atoms with Crippen molar-refractivity contribution in [3.05, 3.63) is 0 Å². The number of carbonyl (C=O) groups excluding carboxylic acids is 1. The first kappa shape index (κ1) is 26.2. The van der Waals surface area contributed by atoms with Gasteiger partial charge in [0.05, 0.1) is 0 Å². The molecule has 0 aliphatic heterocycles. The molecule has 0 spiro atoms. The average Bonchev–Trinajstić information content (AvgIpc) is 2.00. The summed E-state index contributed by atoms with van der Waals surface area (Å²) >= 11 is 0. The predicted molar refractivity (Wildman–Crippen MR) is 66.8 cm³/mol. The molecule has 6 heteroatoms. The second-order valence-corrected chi connectivity index (χ2v) is 4.10. The van der Waals surface area contributed by atoms with E-state index in [-0.39, 0.29) is 35.1 Å². The number of hydrogen-bond donors (Lipinski definition) is 3. The van der Waals surface area contributed by atoms with Crippen molar-refractivity contribution in [2.24, 2.45) is 5.92 Å². The first-order chi connectivity index (χ1) is 7.56. The van der Waals surface area contributed by atoms with Gasteiger partial charge in [-0.1, -0.05) is 6.92 Å². The van der Waals surface area contributed by atoms with E-state index in [1.54, 1.807) is 34.6 Å². The molecule has 5 nitrogen and oxygen atoms in total. The zero-order valence-corrected chi connectivity index (χ0v) is 12.8. The maximum Gasteiger partial charge on any atom is 0.314 e. The molecule has 0 saturated carbocycles. The zero-order chi connectivity index (χ0) is 14.6. The van der Waals surface area contributed by atoms with Gasteiger partial charge in [-0.25, -0.2) is 0 Å². The number of hydrogen-bond acceptors (Lipinski definition) is 4. The SMILES string of the molecule is CC(C)O.CC(C)O.CCC(C(C)=O)C(=O)O.[Cu]. The van der Waals surface area contributed by atoms with E-state index in [1.165, 1.54) is 6.92 Å². The van der Waals surface area contributed by atoms with E-state index < -0.39 is 11.9 Å². The largest absolute Gasteiger partial charge is 0.481 e. The maximum atomic E-state index is 10.4. The van der Waals surface area contributed by atoms with Gasteiger partial charge >= 0.3 is 5.97 Å². The van der Waals surface area contributed by atoms with Crippen molar-refractivity contribution in [1.82, 2.24) is 0 Å². The molecule has 0 heterocycles. The van der Waals surface area contributed by atoms with E-state index in [9.17, 15) is 9.59 Å². The number of aliphatic carboxylic acids is 1. The summed E-state index contributed by atoms with van der Waals surface area (Å²) in [5.74, 6) is -2.10. The minimum Gasteiger partial charge on any atom is -0.481 e. The average molecular weight is 314 g/mol. The van der Waals surface area contributed by atoms with Gasteiger partial charge in [0, 0.05) is 29.3 Å². The van der Waals surface area contributed by atoms with Crippen LogP contribution in [0.3, 0.4) is 0 Å². The molecular formula is C12H26CuO5. The Morgan fingerprint density at radius 1 is 1.00 bits per heavy atom. The van der Waals surface area contributed by atoms with Crippen LogP contribution in [0, 0.1) is 5.92 Å². The van der Waals surface area contributed by atoms with Crippen LogP contribution in [0.5, 0.6) is 0 Å². The Labute approximate surface area is 120 Å². The van der Waals surface area contributed by atoms with Crippen molar-refractivity contribution in [3.63, 3.8) is 0 Å². The quantitative estimate of drug-likeness (QED) is 0.541. The number of ketones is 1. The summed E-state index contributed by atoms with van der Waals surface area (Å²) in [4.78, 5) is 20.6. The third kappa shape index (κ3) is 36.1. The van der Waals surface area contributed by atoms with Gasteiger partial charge in [0.25, 0.3) is 0 Å². The van der Waals surface area contributed by atoms with Crippen molar-refractivity contribution >= 4 is 11.8 Å². The zero-order valence-electron chi connectivity index (χ0n) is 11.9. The standard InChI is InChI=1S/C6H10O3.2C3H8O.Cu/c1-3-5(4(2)7)6(8)9;2*1-3(2)4;/h5H,3H2,1-2H3,(H,8,9);2*3-4H,1-2H3;. The Morgan fingerprint density at radius 3 is 1.22 bits per heavy atom. The summed E-state index contributed by atoms with van der Waals surface area (Å²) in [5.41, 5.74) is 0. The van der Waals surface area contributed by atoms with Gasteiger partial charge in [0.2, 0.25) is 0 Å². The van der Waals surface area contributed by atoms with Crippen LogP contribution in [0.4, 0.5) is 0 Å². The fraction of sp³-hybridized carbons (Fsp3) is 0.833. The third-order valence-electron chi connectivity index (χ3n) is 1.20. The topological polar surface area (TPSA) is 94.8 Å². The summed E-state index contributed by atoms with van der Waals surface area (Å²) in [7, 11) is 0. The molecule has 0 aromatic rings. The van der Waals surface area contributed by atoms with Crippen LogP contribution in [-0.2, 0) is 26.7 Å². The van der Waals surface area contributed by atoms with Gasteiger partial charge in [-0.3, -0.25) is 9.59 Å². The van der Waals surface area contributed by atoms with E-state index in [0.717, 1.165) is 0 Å². The molecule has 0 aliphatic rings. The van der Waals surface area contributed by atoms with Gasteiger partial charge in [0.15, 0.2) is 0 Å². The van der Waals surface area contributed by atoms with E-state index in [4.69, 9.17) is 15.3 Å². The molecule has 3 N–H and O–H groups in total. The number of aliphatic hydroxyl groups excluding tert-OH is 2. The minimum absolute atomic E-state index is 0. The Hall–Kier alpha value is -0.421. The second-order valence-electron chi connectivity index (χ2n) is 4.10. The molecule has 0 rings (SSSR count). The van der Waals surface area contributed by atoms with Crippen molar-refractivity contribution in [2.75, 3.05) is 0 Å². The second kappa shape index (κ2) is 16.6. The molecule has 1 atom stereocenters. The van der Waals surface area contributed by atoms with Crippen LogP contribution >= 0.6 is 0 Å². The first-order valence-corrected chi connectivity index (χ1v) is 5.65. The monoisotopic (exact) mass is 313 g/mol. The first-order valence-electron chi connectivity index (χ1n) is 5.65. The van der Waals surface area contributed by atoms with Crippen LogP contribution in [0.1, 0.15) is 48.0 Å². The summed E-state index contributed by atoms with van der Waals surface area (Å²) in [6.07, 6.45) is 0.0463. The molecule has 0 saturated heterocycles. The van der Waals surface area contributed by atoms with E-state index in [1.807, 2.05) is 0 Å². The molecular weight excluding hydrogens is 288 g/mol. The number of carboxylic acid groups (broad SMARTS) is 1. The molecule has 1 radical (unpaired) electrons. The number of Topliss-reactive ketones (excluding diaryl/α,β-unsaturated/α-hetero) is 1. The molecule has 0 amide bonds. The van der Waals surface area contributed by atoms with Crippen LogP contribution in [0.25, 0.3) is 0 Å². The molecule has 0 aromatic carbocycles. The molecule has 0 bridgehead atoms. The normalized spacial score (nSPS) is 10.3. The molecule has 115 valence electrons. The van der Waals surface area contributed by atoms with Crippen molar-refractivity contribution in [3.8, 4) is 0 Å². The van der Waals surface area contributed by atoms with Crippen molar-refractivity contribution in [1.29, 1.82) is 0 Å². The van der Waals surface area contributed by atoms with Crippen LogP contribution in [0.2, 0.25) is 0 Å².